The molecule has 0 atom stereocenters. The van der Waals surface area contributed by atoms with Crippen molar-refractivity contribution in [2.24, 2.45) is 5.92 Å². The molecule has 0 bridgehead atoms. The van der Waals surface area contributed by atoms with Crippen molar-refractivity contribution < 1.29 is 20.1 Å². The van der Waals surface area contributed by atoms with Gasteiger partial charge in [0.05, 0.1) is 13.0 Å². The van der Waals surface area contributed by atoms with Crippen molar-refractivity contribution in [2.75, 3.05) is 32.8 Å². The second kappa shape index (κ2) is 20.2. The molecule has 174 valence electrons. The van der Waals surface area contributed by atoms with Gasteiger partial charge in [0.1, 0.15) is 5.75 Å². The molecule has 6 nitrogen and oxygen atoms in total. The lowest BCUT2D eigenvalue weighted by Gasteiger charge is -2.20. The van der Waals surface area contributed by atoms with Gasteiger partial charge in [-0.2, -0.15) is 0 Å². The molecule has 1 aromatic rings. The minimum absolute atomic E-state index is 0.0500. The average molecular weight is 425 g/mol. The molecule has 0 spiro atoms. The third kappa shape index (κ3) is 18.0. The fraction of sp³-hybridized carbons (Fsp3) is 0.625. The Bertz CT molecular complexity index is 551. The van der Waals surface area contributed by atoms with Gasteiger partial charge < -0.3 is 25.5 Å². The highest BCUT2D eigenvalue weighted by Crippen LogP contribution is 2.13. The number of nitrogens with zero attached hydrogens (tertiary/aromatic N) is 1. The normalized spacial score (nSPS) is 11.9. The lowest BCUT2D eigenvalue weighted by Crippen LogP contribution is -2.32. The van der Waals surface area contributed by atoms with Crippen molar-refractivity contribution in [3.8, 4) is 5.75 Å². The first-order chi connectivity index (χ1) is 14.3. The maximum absolute atomic E-state index is 11.8. The molecule has 1 heterocycles. The van der Waals surface area contributed by atoms with E-state index in [-0.39, 0.29) is 31.3 Å². The highest BCUT2D eigenvalue weighted by molar-refractivity contribution is 5.78. The lowest BCUT2D eigenvalue weighted by molar-refractivity contribution is -0.120. The Labute approximate surface area is 183 Å². The van der Waals surface area contributed by atoms with Gasteiger partial charge in [0, 0.05) is 32.0 Å². The largest absolute Gasteiger partial charge is 0.508 e. The van der Waals surface area contributed by atoms with Crippen molar-refractivity contribution in [1.82, 2.24) is 10.2 Å². The number of phenolic OH excluding ortho intramolecular Hbond substituents is 1. The number of carbonyl (C=O) groups is 1. The van der Waals surface area contributed by atoms with Gasteiger partial charge in [0.2, 0.25) is 5.91 Å². The van der Waals surface area contributed by atoms with E-state index in [1.54, 1.807) is 18.2 Å². The number of nitrogens with one attached hydrogen (secondary N) is 1. The minimum atomic E-state index is -0.0500. The van der Waals surface area contributed by atoms with Crippen LogP contribution >= 0.6 is 0 Å². The Morgan fingerprint density at radius 2 is 1.67 bits per heavy atom. The molecule has 1 aromatic carbocycles. The fourth-order valence-electron chi connectivity index (χ4n) is 2.33. The third-order valence-electron chi connectivity index (χ3n) is 3.63. The molecular weight excluding hydrogens is 380 g/mol. The first-order valence-electron chi connectivity index (χ1n) is 11.0. The third-order valence-corrected chi connectivity index (χ3v) is 3.63. The summed E-state index contributed by atoms with van der Waals surface area (Å²) in [4.78, 5) is 14.0. The predicted molar refractivity (Wildman–Crippen MR) is 125 cm³/mol. The van der Waals surface area contributed by atoms with Crippen LogP contribution in [0.1, 0.15) is 59.4 Å². The molecule has 0 saturated carbocycles. The molecule has 1 aliphatic rings. The monoisotopic (exact) mass is 424 g/mol. The molecule has 0 aliphatic carbocycles. The highest BCUT2D eigenvalue weighted by atomic mass is 16.3. The Morgan fingerprint density at radius 3 is 2.10 bits per heavy atom. The van der Waals surface area contributed by atoms with Gasteiger partial charge in [0.25, 0.3) is 0 Å². The molecular formula is C24H44N2O4. The van der Waals surface area contributed by atoms with Crippen molar-refractivity contribution in [3.05, 3.63) is 42.1 Å². The molecule has 4 N–H and O–H groups in total. The Balaban J connectivity index is 0. The van der Waals surface area contributed by atoms with Crippen molar-refractivity contribution in [1.29, 1.82) is 0 Å². The summed E-state index contributed by atoms with van der Waals surface area (Å²) in [6, 6.07) is 6.77. The number of phenols is 1. The van der Waals surface area contributed by atoms with Crippen molar-refractivity contribution in [2.45, 2.75) is 60.3 Å². The smallest absolute Gasteiger partial charge is 0.224 e. The number of hydrogen-bond donors (Lipinski definition) is 4. The second-order valence-corrected chi connectivity index (χ2v) is 7.42. The number of aromatic hydroxyl groups is 1. The number of carbonyl (C=O) groups excluding carboxylic acids is 1. The van der Waals surface area contributed by atoms with Gasteiger partial charge in [0.15, 0.2) is 0 Å². The van der Waals surface area contributed by atoms with Crippen LogP contribution in [-0.2, 0) is 11.2 Å². The quantitative estimate of drug-likeness (QED) is 0.535. The van der Waals surface area contributed by atoms with Gasteiger partial charge in [-0.1, -0.05) is 53.3 Å². The number of aliphatic hydroxyl groups is 2. The number of hydrogen-bond acceptors (Lipinski definition) is 5. The summed E-state index contributed by atoms with van der Waals surface area (Å²) in [5.41, 5.74) is 1.78. The SMILES string of the molecule is C=C(CNC(=O)Cc1cccc(O)c1)N1CCCC1.CC.CC(C)C.OCCCO. The molecule has 1 fully saturated rings. The zero-order chi connectivity index (χ0) is 23.4. The molecule has 1 aliphatic heterocycles. The first kappa shape index (κ1) is 30.1. The van der Waals surface area contributed by atoms with Crippen LogP contribution in [0.5, 0.6) is 5.75 Å². The van der Waals surface area contributed by atoms with Gasteiger partial charge >= 0.3 is 0 Å². The van der Waals surface area contributed by atoms with Crippen molar-refractivity contribution in [3.63, 3.8) is 0 Å². The van der Waals surface area contributed by atoms with E-state index < -0.39 is 0 Å². The minimum Gasteiger partial charge on any atom is -0.508 e. The van der Waals surface area contributed by atoms with Crippen LogP contribution in [0, 0.1) is 5.92 Å². The fourth-order valence-corrected chi connectivity index (χ4v) is 2.33. The predicted octanol–water partition coefficient (Wildman–Crippen LogP) is 3.71. The van der Waals surface area contributed by atoms with E-state index in [1.165, 1.54) is 12.8 Å². The summed E-state index contributed by atoms with van der Waals surface area (Å²) >= 11 is 0. The summed E-state index contributed by atoms with van der Waals surface area (Å²) in [6.45, 7) is 17.3. The summed E-state index contributed by atoms with van der Waals surface area (Å²) in [5.74, 6) is 0.970. The van der Waals surface area contributed by atoms with Crippen LogP contribution in [0.4, 0.5) is 0 Å². The highest BCUT2D eigenvalue weighted by Gasteiger charge is 2.13. The van der Waals surface area contributed by atoms with Gasteiger partial charge in [-0.25, -0.2) is 0 Å². The molecule has 2 rings (SSSR count). The molecule has 1 amide bonds. The van der Waals surface area contributed by atoms with E-state index in [0.717, 1.165) is 30.3 Å². The van der Waals surface area contributed by atoms with E-state index in [1.807, 2.05) is 19.9 Å². The molecule has 1 saturated heterocycles. The number of likely N-dealkylation sites (tertiary alicyclic amines) is 1. The molecule has 6 heteroatoms. The second-order valence-electron chi connectivity index (χ2n) is 7.42. The zero-order valence-electron chi connectivity index (χ0n) is 19.7. The van der Waals surface area contributed by atoms with Crippen LogP contribution in [0.3, 0.4) is 0 Å². The summed E-state index contributed by atoms with van der Waals surface area (Å²) in [6.07, 6.45) is 3.19. The molecule has 0 radical (unpaired) electrons. The average Bonchev–Trinajstić information content (AvgIpc) is 3.23. The lowest BCUT2D eigenvalue weighted by atomic mass is 10.1. The Hall–Kier alpha value is -2.05. The van der Waals surface area contributed by atoms with E-state index in [0.29, 0.717) is 13.0 Å². The maximum atomic E-state index is 11.8. The van der Waals surface area contributed by atoms with Crippen molar-refractivity contribution >= 4 is 5.91 Å². The number of amides is 1. The van der Waals surface area contributed by atoms with Crippen LogP contribution in [0.25, 0.3) is 0 Å². The Morgan fingerprint density at radius 1 is 1.13 bits per heavy atom. The summed E-state index contributed by atoms with van der Waals surface area (Å²) < 4.78 is 0. The standard InChI is InChI=1S/C15H20N2O2.C4H10.C3H8O2.C2H6/c1-12(17-7-2-3-8-17)11-16-15(19)10-13-5-4-6-14(18)9-13;1-4(2)3;4-2-1-3-5;1-2/h4-6,9,18H,1-3,7-8,10-11H2,(H,16,19);4H,1-3H3;4-5H,1-3H2;1-2H3. The first-order valence-corrected chi connectivity index (χ1v) is 11.0. The molecule has 0 aromatic heterocycles. The number of benzene rings is 1. The van der Waals surface area contributed by atoms with Gasteiger partial charge in [-0.05, 0) is 42.9 Å². The van der Waals surface area contributed by atoms with E-state index >= 15 is 0 Å². The van der Waals surface area contributed by atoms with E-state index in [9.17, 15) is 9.90 Å². The van der Waals surface area contributed by atoms with Gasteiger partial charge in [-0.15, -0.1) is 0 Å². The van der Waals surface area contributed by atoms with Crippen LogP contribution in [-0.4, -0.2) is 59.0 Å². The summed E-state index contributed by atoms with van der Waals surface area (Å²) in [7, 11) is 0. The summed E-state index contributed by atoms with van der Waals surface area (Å²) in [5, 5.41) is 28.0. The zero-order valence-corrected chi connectivity index (χ0v) is 19.7. The van der Waals surface area contributed by atoms with Crippen LogP contribution in [0.2, 0.25) is 0 Å². The van der Waals surface area contributed by atoms with Crippen LogP contribution in [0.15, 0.2) is 36.5 Å². The molecule has 0 unspecified atom stereocenters. The Kier molecular flexibility index (Phi) is 20.3. The van der Waals surface area contributed by atoms with E-state index in [2.05, 4.69) is 37.6 Å². The topological polar surface area (TPSA) is 93.0 Å². The number of rotatable bonds is 7. The molecule has 30 heavy (non-hydrogen) atoms. The van der Waals surface area contributed by atoms with Gasteiger partial charge in [-0.3, -0.25) is 4.79 Å². The van der Waals surface area contributed by atoms with E-state index in [4.69, 9.17) is 10.2 Å². The van der Waals surface area contributed by atoms with Crippen LogP contribution < -0.4 is 5.32 Å². The number of aliphatic hydroxyl groups excluding tert-OH is 2. The maximum Gasteiger partial charge on any atom is 0.224 e.